The summed E-state index contributed by atoms with van der Waals surface area (Å²) in [6.45, 7) is 1.46. The first kappa shape index (κ1) is 14.9. The lowest BCUT2D eigenvalue weighted by Gasteiger charge is -2.13. The molecule has 3 N–H and O–H groups in total. The first-order valence-electron chi connectivity index (χ1n) is 5.02. The van der Waals surface area contributed by atoms with Crippen LogP contribution in [0.3, 0.4) is 0 Å². The molecular weight excluding hydrogens is 278 g/mol. The second-order valence-electron chi connectivity index (χ2n) is 4.00. The van der Waals surface area contributed by atoms with Crippen molar-refractivity contribution in [3.63, 3.8) is 0 Å². The van der Waals surface area contributed by atoms with Crippen molar-refractivity contribution in [2.24, 2.45) is 0 Å². The van der Waals surface area contributed by atoms with Crippen LogP contribution in [0.15, 0.2) is 23.2 Å². The van der Waals surface area contributed by atoms with E-state index >= 15 is 0 Å². The molecule has 0 fully saturated rings. The van der Waals surface area contributed by atoms with Gasteiger partial charge in [0.05, 0.1) is 5.75 Å². The van der Waals surface area contributed by atoms with Crippen molar-refractivity contribution in [2.75, 3.05) is 17.7 Å². The van der Waals surface area contributed by atoms with Gasteiger partial charge in [-0.15, -0.1) is 0 Å². The highest BCUT2D eigenvalue weighted by molar-refractivity contribution is 7.91. The fraction of sp³-hybridized carbons (Fsp3) is 0.444. The van der Waals surface area contributed by atoms with Gasteiger partial charge in [0.15, 0.2) is 0 Å². The van der Waals surface area contributed by atoms with Crippen LogP contribution in [0.5, 0.6) is 0 Å². The molecule has 102 valence electrons. The zero-order valence-electron chi connectivity index (χ0n) is 9.99. The van der Waals surface area contributed by atoms with E-state index in [0.717, 1.165) is 6.26 Å². The van der Waals surface area contributed by atoms with Gasteiger partial charge in [-0.2, -0.15) is 0 Å². The number of hydrogen-bond donors (Lipinski definition) is 2. The fourth-order valence-corrected chi connectivity index (χ4v) is 3.87. The third-order valence-electron chi connectivity index (χ3n) is 2.00. The minimum Gasteiger partial charge on any atom is -0.383 e. The Hall–Kier alpha value is -1.19. The van der Waals surface area contributed by atoms with Crippen LogP contribution in [0.25, 0.3) is 0 Å². The zero-order valence-corrected chi connectivity index (χ0v) is 11.6. The van der Waals surface area contributed by atoms with Crippen molar-refractivity contribution in [1.82, 2.24) is 9.71 Å². The largest absolute Gasteiger partial charge is 0.383 e. The van der Waals surface area contributed by atoms with E-state index in [9.17, 15) is 16.8 Å². The number of aromatic nitrogens is 1. The summed E-state index contributed by atoms with van der Waals surface area (Å²) in [6.07, 6.45) is 2.41. The molecule has 1 aromatic heterocycles. The van der Waals surface area contributed by atoms with Gasteiger partial charge in [-0.3, -0.25) is 0 Å². The molecule has 0 spiro atoms. The van der Waals surface area contributed by atoms with E-state index in [4.69, 9.17) is 5.73 Å². The summed E-state index contributed by atoms with van der Waals surface area (Å²) in [5.74, 6) is -0.414. The van der Waals surface area contributed by atoms with Crippen LogP contribution >= 0.6 is 0 Å². The predicted molar refractivity (Wildman–Crippen MR) is 68.1 cm³/mol. The predicted octanol–water partition coefficient (Wildman–Crippen LogP) is -0.625. The van der Waals surface area contributed by atoms with Crippen LogP contribution in [-0.2, 0) is 19.9 Å². The molecule has 1 heterocycles. The van der Waals surface area contributed by atoms with Gasteiger partial charge in [-0.05, 0) is 19.1 Å². The van der Waals surface area contributed by atoms with Gasteiger partial charge in [0, 0.05) is 18.5 Å². The van der Waals surface area contributed by atoms with E-state index < -0.39 is 25.9 Å². The van der Waals surface area contributed by atoms with Crippen LogP contribution in [0.2, 0.25) is 0 Å². The minimum absolute atomic E-state index is 0.128. The Kier molecular flexibility index (Phi) is 4.30. The zero-order chi connectivity index (χ0) is 14.0. The molecule has 0 saturated carbocycles. The van der Waals surface area contributed by atoms with Crippen LogP contribution in [0, 0.1) is 0 Å². The Morgan fingerprint density at radius 1 is 1.39 bits per heavy atom. The van der Waals surface area contributed by atoms with Gasteiger partial charge in [0.25, 0.3) is 0 Å². The summed E-state index contributed by atoms with van der Waals surface area (Å²) < 4.78 is 48.2. The van der Waals surface area contributed by atoms with E-state index in [1.807, 2.05) is 0 Å². The maximum Gasteiger partial charge on any atom is 0.244 e. The van der Waals surface area contributed by atoms with Gasteiger partial charge < -0.3 is 5.73 Å². The highest BCUT2D eigenvalue weighted by Crippen LogP contribution is 2.14. The quantitative estimate of drug-likeness (QED) is 0.746. The monoisotopic (exact) mass is 293 g/mol. The number of nitrogens with zero attached hydrogens (tertiary/aromatic N) is 1. The van der Waals surface area contributed by atoms with E-state index in [-0.39, 0.29) is 16.5 Å². The molecule has 0 aliphatic rings. The molecule has 0 aliphatic carbocycles. The number of nitrogen functional groups attached to an aromatic ring is 1. The topological polar surface area (TPSA) is 119 Å². The maximum absolute atomic E-state index is 11.9. The lowest BCUT2D eigenvalue weighted by molar-refractivity contribution is 0.564. The van der Waals surface area contributed by atoms with Gasteiger partial charge in [0.1, 0.15) is 20.6 Å². The average molecular weight is 293 g/mol. The molecule has 0 radical (unpaired) electrons. The summed E-state index contributed by atoms with van der Waals surface area (Å²) in [7, 11) is -7.13. The summed E-state index contributed by atoms with van der Waals surface area (Å²) >= 11 is 0. The highest BCUT2D eigenvalue weighted by atomic mass is 32.2. The van der Waals surface area contributed by atoms with Crippen molar-refractivity contribution in [3.05, 3.63) is 18.3 Å². The molecule has 0 bridgehead atoms. The van der Waals surface area contributed by atoms with Crippen molar-refractivity contribution in [3.8, 4) is 0 Å². The molecule has 18 heavy (non-hydrogen) atoms. The van der Waals surface area contributed by atoms with E-state index in [1.54, 1.807) is 0 Å². The molecule has 0 aliphatic heterocycles. The second-order valence-corrected chi connectivity index (χ2v) is 7.87. The molecule has 0 amide bonds. The van der Waals surface area contributed by atoms with Crippen LogP contribution in [0.1, 0.15) is 6.92 Å². The summed E-state index contributed by atoms with van der Waals surface area (Å²) in [4.78, 5) is 3.51. The van der Waals surface area contributed by atoms with Gasteiger partial charge in [0.2, 0.25) is 10.0 Å². The average Bonchev–Trinajstić information content (AvgIpc) is 2.13. The van der Waals surface area contributed by atoms with E-state index in [1.165, 1.54) is 25.3 Å². The highest BCUT2D eigenvalue weighted by Gasteiger charge is 2.22. The van der Waals surface area contributed by atoms with Crippen molar-refractivity contribution in [1.29, 1.82) is 0 Å². The molecule has 0 saturated heterocycles. The number of nitrogens with one attached hydrogen (secondary N) is 1. The first-order valence-corrected chi connectivity index (χ1v) is 8.57. The molecule has 7 nitrogen and oxygen atoms in total. The Labute approximate surface area is 106 Å². The second kappa shape index (κ2) is 5.21. The lowest BCUT2D eigenvalue weighted by Crippen LogP contribution is -2.37. The van der Waals surface area contributed by atoms with Crippen molar-refractivity contribution in [2.45, 2.75) is 17.9 Å². The Balaban J connectivity index is 2.93. The van der Waals surface area contributed by atoms with Gasteiger partial charge in [-0.25, -0.2) is 26.5 Å². The number of anilines is 1. The molecule has 1 aromatic rings. The minimum atomic E-state index is -3.86. The smallest absolute Gasteiger partial charge is 0.244 e. The summed E-state index contributed by atoms with van der Waals surface area (Å²) in [5, 5.41) is 0. The molecule has 0 aromatic carbocycles. The molecule has 1 unspecified atom stereocenters. The Morgan fingerprint density at radius 3 is 2.50 bits per heavy atom. The molecule has 1 atom stereocenters. The lowest BCUT2D eigenvalue weighted by atomic mass is 10.4. The first-order chi connectivity index (χ1) is 8.12. The van der Waals surface area contributed by atoms with Crippen molar-refractivity contribution >= 4 is 25.7 Å². The number of sulfonamides is 1. The maximum atomic E-state index is 11.9. The molecular formula is C9H15N3O4S2. The summed E-state index contributed by atoms with van der Waals surface area (Å²) in [6, 6.07) is 1.99. The summed E-state index contributed by atoms with van der Waals surface area (Å²) in [5.41, 5.74) is 5.46. The number of hydrogen-bond acceptors (Lipinski definition) is 6. The normalized spacial score (nSPS) is 14.3. The SMILES string of the molecule is CC(CS(C)(=O)=O)NS(=O)(=O)c1cccnc1N. The fourth-order valence-electron chi connectivity index (χ4n) is 1.45. The third-order valence-corrected chi connectivity index (χ3v) is 4.74. The third kappa shape index (κ3) is 4.24. The number of rotatable bonds is 5. The van der Waals surface area contributed by atoms with Crippen LogP contribution < -0.4 is 10.5 Å². The van der Waals surface area contributed by atoms with Crippen LogP contribution in [0.4, 0.5) is 5.82 Å². The number of pyridine rings is 1. The van der Waals surface area contributed by atoms with Gasteiger partial charge >= 0.3 is 0 Å². The Bertz CT molecular complexity index is 625. The van der Waals surface area contributed by atoms with E-state index in [2.05, 4.69) is 9.71 Å². The Morgan fingerprint density at radius 2 is 2.00 bits per heavy atom. The standard InChI is InChI=1S/C9H15N3O4S2/c1-7(6-17(2,13)14)12-18(15,16)8-4-3-5-11-9(8)10/h3-5,7,12H,6H2,1-2H3,(H2,10,11). The molecule has 9 heteroatoms. The number of nitrogens with two attached hydrogens (primary N) is 1. The van der Waals surface area contributed by atoms with Crippen LogP contribution in [-0.4, -0.2) is 39.9 Å². The van der Waals surface area contributed by atoms with E-state index in [0.29, 0.717) is 0 Å². The van der Waals surface area contributed by atoms with Crippen molar-refractivity contribution < 1.29 is 16.8 Å². The number of sulfone groups is 1. The molecule has 1 rings (SSSR count). The van der Waals surface area contributed by atoms with Gasteiger partial charge in [-0.1, -0.05) is 0 Å².